The van der Waals surface area contributed by atoms with Crippen LogP contribution in [0.25, 0.3) is 0 Å². The number of piperazine rings is 1. The van der Waals surface area contributed by atoms with E-state index in [0.717, 1.165) is 44.8 Å². The Hall–Kier alpha value is -2.66. The molecule has 1 aliphatic rings. The Morgan fingerprint density at radius 3 is 2.11 bits per heavy atom. The fraction of sp³-hybridized carbons (Fsp3) is 0.364. The van der Waals surface area contributed by atoms with Crippen LogP contribution in [0, 0.1) is 0 Å². The molecule has 0 aromatic heterocycles. The minimum absolute atomic E-state index is 0.0302. The van der Waals surface area contributed by atoms with Crippen molar-refractivity contribution in [3.05, 3.63) is 66.2 Å². The van der Waals surface area contributed by atoms with E-state index in [0.29, 0.717) is 12.8 Å². The molecule has 2 amide bonds. The van der Waals surface area contributed by atoms with Gasteiger partial charge in [-0.2, -0.15) is 0 Å². The maximum absolute atomic E-state index is 12.4. The first-order valence-corrected chi connectivity index (χ1v) is 9.60. The van der Waals surface area contributed by atoms with Gasteiger partial charge in [0.2, 0.25) is 11.8 Å². The van der Waals surface area contributed by atoms with Gasteiger partial charge in [0.25, 0.3) is 0 Å². The molecular weight excluding hydrogens is 338 g/mol. The van der Waals surface area contributed by atoms with E-state index < -0.39 is 0 Å². The number of nitrogens with one attached hydrogen (secondary N) is 1. The molecule has 5 heteroatoms. The summed E-state index contributed by atoms with van der Waals surface area (Å²) in [6.07, 6.45) is 1.82. The average Bonchev–Trinajstić information content (AvgIpc) is 2.72. The lowest BCUT2D eigenvalue weighted by atomic mass is 10.1. The zero-order chi connectivity index (χ0) is 18.9. The number of carbonyl (C=O) groups excluding carboxylic acids is 2. The lowest BCUT2D eigenvalue weighted by Crippen LogP contribution is -2.49. The standard InChI is InChI=1S/C22H27N3O2/c26-21(23-20-9-5-2-6-10-20)13-14-24-15-17-25(18-16-24)22(27)12-11-19-7-3-1-4-8-19/h1-10H,11-18H2,(H,23,26). The zero-order valence-electron chi connectivity index (χ0n) is 15.6. The molecule has 5 nitrogen and oxygen atoms in total. The molecule has 1 aliphatic heterocycles. The number of aryl methyl sites for hydroxylation is 1. The highest BCUT2D eigenvalue weighted by atomic mass is 16.2. The molecule has 0 atom stereocenters. The van der Waals surface area contributed by atoms with E-state index in [-0.39, 0.29) is 11.8 Å². The molecule has 0 radical (unpaired) electrons. The van der Waals surface area contributed by atoms with E-state index in [4.69, 9.17) is 0 Å². The molecule has 3 rings (SSSR count). The van der Waals surface area contributed by atoms with E-state index in [1.165, 1.54) is 5.56 Å². The summed E-state index contributed by atoms with van der Waals surface area (Å²) in [5.74, 6) is 0.253. The summed E-state index contributed by atoms with van der Waals surface area (Å²) >= 11 is 0. The smallest absolute Gasteiger partial charge is 0.225 e. The van der Waals surface area contributed by atoms with Crippen molar-refractivity contribution in [3.63, 3.8) is 0 Å². The Balaban J connectivity index is 1.33. The molecule has 1 heterocycles. The molecule has 2 aromatic rings. The molecule has 0 unspecified atom stereocenters. The van der Waals surface area contributed by atoms with Crippen molar-refractivity contribution in [2.45, 2.75) is 19.3 Å². The molecule has 27 heavy (non-hydrogen) atoms. The van der Waals surface area contributed by atoms with Gasteiger partial charge in [0.15, 0.2) is 0 Å². The lowest BCUT2D eigenvalue weighted by Gasteiger charge is -2.34. The Kier molecular flexibility index (Phi) is 6.99. The number of amides is 2. The average molecular weight is 365 g/mol. The second-order valence-electron chi connectivity index (χ2n) is 6.87. The van der Waals surface area contributed by atoms with Crippen LogP contribution in [0.5, 0.6) is 0 Å². The summed E-state index contributed by atoms with van der Waals surface area (Å²) in [5.41, 5.74) is 2.03. The second kappa shape index (κ2) is 9.88. The Bertz CT molecular complexity index is 726. The predicted octanol–water partition coefficient (Wildman–Crippen LogP) is 2.79. The molecule has 2 aromatic carbocycles. The first-order valence-electron chi connectivity index (χ1n) is 9.60. The molecule has 0 bridgehead atoms. The van der Waals surface area contributed by atoms with E-state index in [2.05, 4.69) is 22.3 Å². The summed E-state index contributed by atoms with van der Waals surface area (Å²) in [4.78, 5) is 28.6. The fourth-order valence-electron chi connectivity index (χ4n) is 3.28. The molecule has 1 saturated heterocycles. The number of para-hydroxylation sites is 1. The van der Waals surface area contributed by atoms with Crippen molar-refractivity contribution in [3.8, 4) is 0 Å². The van der Waals surface area contributed by atoms with Gasteiger partial charge >= 0.3 is 0 Å². The van der Waals surface area contributed by atoms with Crippen molar-refractivity contribution in [2.75, 3.05) is 38.0 Å². The van der Waals surface area contributed by atoms with Gasteiger partial charge in [-0.3, -0.25) is 14.5 Å². The van der Waals surface area contributed by atoms with Crippen molar-refractivity contribution in [1.82, 2.24) is 9.80 Å². The Labute approximate surface area is 161 Å². The van der Waals surface area contributed by atoms with Crippen LogP contribution >= 0.6 is 0 Å². The summed E-state index contributed by atoms with van der Waals surface area (Å²) in [6.45, 7) is 3.87. The van der Waals surface area contributed by atoms with E-state index in [9.17, 15) is 9.59 Å². The van der Waals surface area contributed by atoms with Gasteiger partial charge in [-0.25, -0.2) is 0 Å². The molecule has 0 saturated carbocycles. The van der Waals surface area contributed by atoms with Gasteiger partial charge in [0.1, 0.15) is 0 Å². The highest BCUT2D eigenvalue weighted by molar-refractivity contribution is 5.90. The highest BCUT2D eigenvalue weighted by Crippen LogP contribution is 2.09. The zero-order valence-corrected chi connectivity index (χ0v) is 15.6. The van der Waals surface area contributed by atoms with E-state index in [1.54, 1.807) is 0 Å². The van der Waals surface area contributed by atoms with Gasteiger partial charge in [-0.05, 0) is 24.1 Å². The third-order valence-corrected chi connectivity index (χ3v) is 4.91. The molecule has 1 N–H and O–H groups in total. The third-order valence-electron chi connectivity index (χ3n) is 4.91. The van der Waals surface area contributed by atoms with Crippen LogP contribution in [-0.4, -0.2) is 54.3 Å². The number of hydrogen-bond donors (Lipinski definition) is 1. The molecular formula is C22H27N3O2. The van der Waals surface area contributed by atoms with E-state index >= 15 is 0 Å². The quantitative estimate of drug-likeness (QED) is 0.821. The summed E-state index contributed by atoms with van der Waals surface area (Å²) in [7, 11) is 0. The summed E-state index contributed by atoms with van der Waals surface area (Å²) in [5, 5.41) is 2.91. The Morgan fingerprint density at radius 1 is 0.815 bits per heavy atom. The molecule has 1 fully saturated rings. The van der Waals surface area contributed by atoms with Crippen molar-refractivity contribution in [1.29, 1.82) is 0 Å². The Morgan fingerprint density at radius 2 is 1.44 bits per heavy atom. The van der Waals surface area contributed by atoms with Crippen molar-refractivity contribution in [2.24, 2.45) is 0 Å². The topological polar surface area (TPSA) is 52.7 Å². The van der Waals surface area contributed by atoms with Crippen LogP contribution < -0.4 is 5.32 Å². The van der Waals surface area contributed by atoms with E-state index in [1.807, 2.05) is 53.4 Å². The first kappa shape index (κ1) is 19.1. The van der Waals surface area contributed by atoms with Crippen LogP contribution in [0.3, 0.4) is 0 Å². The largest absolute Gasteiger partial charge is 0.340 e. The summed E-state index contributed by atoms with van der Waals surface area (Å²) < 4.78 is 0. The molecule has 142 valence electrons. The van der Waals surface area contributed by atoms with Gasteiger partial charge in [-0.15, -0.1) is 0 Å². The maximum atomic E-state index is 12.4. The van der Waals surface area contributed by atoms with Crippen LogP contribution in [0.2, 0.25) is 0 Å². The predicted molar refractivity (Wildman–Crippen MR) is 107 cm³/mol. The van der Waals surface area contributed by atoms with Crippen LogP contribution in [0.4, 0.5) is 5.69 Å². The SMILES string of the molecule is O=C(CCN1CCN(C(=O)CCc2ccccc2)CC1)Nc1ccccc1. The van der Waals surface area contributed by atoms with Crippen molar-refractivity contribution >= 4 is 17.5 Å². The number of hydrogen-bond acceptors (Lipinski definition) is 3. The fourth-order valence-corrected chi connectivity index (χ4v) is 3.28. The normalized spacial score (nSPS) is 14.7. The van der Waals surface area contributed by atoms with Gasteiger partial charge in [-0.1, -0.05) is 48.5 Å². The van der Waals surface area contributed by atoms with Crippen molar-refractivity contribution < 1.29 is 9.59 Å². The number of benzene rings is 2. The number of anilines is 1. The maximum Gasteiger partial charge on any atom is 0.225 e. The monoisotopic (exact) mass is 365 g/mol. The number of nitrogens with zero attached hydrogens (tertiary/aromatic N) is 2. The van der Waals surface area contributed by atoms with Crippen LogP contribution in [0.15, 0.2) is 60.7 Å². The minimum Gasteiger partial charge on any atom is -0.340 e. The highest BCUT2D eigenvalue weighted by Gasteiger charge is 2.21. The van der Waals surface area contributed by atoms with Gasteiger partial charge in [0, 0.05) is 51.3 Å². The second-order valence-corrected chi connectivity index (χ2v) is 6.87. The van der Waals surface area contributed by atoms with Crippen LogP contribution in [-0.2, 0) is 16.0 Å². The number of carbonyl (C=O) groups is 2. The lowest BCUT2D eigenvalue weighted by molar-refractivity contribution is -0.133. The van der Waals surface area contributed by atoms with Crippen LogP contribution in [0.1, 0.15) is 18.4 Å². The molecule has 0 spiro atoms. The van der Waals surface area contributed by atoms with Gasteiger partial charge in [0.05, 0.1) is 0 Å². The molecule has 0 aliphatic carbocycles. The van der Waals surface area contributed by atoms with Gasteiger partial charge < -0.3 is 10.2 Å². The first-order chi connectivity index (χ1) is 13.2. The summed E-state index contributed by atoms with van der Waals surface area (Å²) in [6, 6.07) is 19.6. The third kappa shape index (κ3) is 6.22. The minimum atomic E-state index is 0.0302. The number of rotatable bonds is 7.